The fourth-order valence-electron chi connectivity index (χ4n) is 1.77. The summed E-state index contributed by atoms with van der Waals surface area (Å²) in [7, 11) is -2.00. The highest BCUT2D eigenvalue weighted by Gasteiger charge is 2.22. The van der Waals surface area contributed by atoms with Gasteiger partial charge >= 0.3 is 5.97 Å². The van der Waals surface area contributed by atoms with Crippen molar-refractivity contribution in [3.05, 3.63) is 28.3 Å². The number of hydrogen-bond acceptors (Lipinski definition) is 5. The Hall–Kier alpha value is -2.11. The molecule has 1 aromatic carbocycles. The number of hydrogen-bond donors (Lipinski definition) is 1. The first kappa shape index (κ1) is 17.9. The molecule has 1 aromatic rings. The highest BCUT2D eigenvalue weighted by atomic mass is 35.5. The molecular formula is C13H14ClN3O4S. The van der Waals surface area contributed by atoms with E-state index in [1.165, 1.54) is 11.0 Å². The number of aromatic carboxylic acids is 1. The molecule has 0 bridgehead atoms. The van der Waals surface area contributed by atoms with Crippen LogP contribution in [0.1, 0.15) is 22.8 Å². The van der Waals surface area contributed by atoms with Gasteiger partial charge in [-0.15, -0.1) is 0 Å². The fourth-order valence-corrected chi connectivity index (χ4v) is 3.06. The Balaban J connectivity index is 3.49. The number of carbonyl (C=O) groups is 1. The molecule has 0 amide bonds. The van der Waals surface area contributed by atoms with Gasteiger partial charge in [0.15, 0.2) is 9.84 Å². The van der Waals surface area contributed by atoms with Gasteiger partial charge in [-0.2, -0.15) is 10.3 Å². The molecule has 0 heterocycles. The summed E-state index contributed by atoms with van der Waals surface area (Å²) in [6, 6.07) is 2.37. The number of amidine groups is 1. The van der Waals surface area contributed by atoms with E-state index in [-0.39, 0.29) is 27.6 Å². The Morgan fingerprint density at radius 1 is 1.50 bits per heavy atom. The molecule has 0 atom stereocenters. The molecule has 0 fully saturated rings. The lowest BCUT2D eigenvalue weighted by Gasteiger charge is -2.21. The lowest BCUT2D eigenvalue weighted by Crippen LogP contribution is -2.25. The van der Waals surface area contributed by atoms with E-state index in [1.807, 2.05) is 0 Å². The molecule has 0 spiro atoms. The van der Waals surface area contributed by atoms with E-state index in [2.05, 4.69) is 4.99 Å². The molecular weight excluding hydrogens is 330 g/mol. The lowest BCUT2D eigenvalue weighted by molar-refractivity contribution is 0.0696. The zero-order chi connectivity index (χ0) is 17.1. The molecule has 22 heavy (non-hydrogen) atoms. The number of carboxylic acid groups (broad SMARTS) is 1. The zero-order valence-electron chi connectivity index (χ0n) is 12.2. The summed E-state index contributed by atoms with van der Waals surface area (Å²) >= 11 is 6.06. The van der Waals surface area contributed by atoms with Gasteiger partial charge in [0.1, 0.15) is 5.84 Å². The second-order valence-electron chi connectivity index (χ2n) is 4.60. The first-order chi connectivity index (χ1) is 10.1. The Labute approximate surface area is 133 Å². The van der Waals surface area contributed by atoms with Gasteiger partial charge in [-0.1, -0.05) is 11.6 Å². The average molecular weight is 344 g/mol. The van der Waals surface area contributed by atoms with Gasteiger partial charge < -0.3 is 10.0 Å². The number of nitriles is 1. The van der Waals surface area contributed by atoms with Crippen LogP contribution in [0.25, 0.3) is 0 Å². The Morgan fingerprint density at radius 3 is 2.55 bits per heavy atom. The predicted octanol–water partition coefficient (Wildman–Crippen LogP) is 1.77. The smallest absolute Gasteiger partial charge is 0.337 e. The van der Waals surface area contributed by atoms with Crippen molar-refractivity contribution in [3.63, 3.8) is 0 Å². The molecule has 0 aliphatic heterocycles. The van der Waals surface area contributed by atoms with E-state index in [1.54, 1.807) is 20.2 Å². The number of rotatable bonds is 4. The molecule has 1 N–H and O–H groups in total. The monoisotopic (exact) mass is 343 g/mol. The Kier molecular flexibility index (Phi) is 5.52. The summed E-state index contributed by atoms with van der Waals surface area (Å²) in [5.41, 5.74) is -0.0357. The largest absolute Gasteiger partial charge is 0.478 e. The van der Waals surface area contributed by atoms with Gasteiger partial charge in [-0.25, -0.2) is 13.2 Å². The van der Waals surface area contributed by atoms with E-state index >= 15 is 0 Å². The minimum atomic E-state index is -3.59. The predicted molar refractivity (Wildman–Crippen MR) is 81.7 cm³/mol. The molecule has 0 aliphatic rings. The van der Waals surface area contributed by atoms with Crippen molar-refractivity contribution < 1.29 is 18.3 Å². The third-order valence-corrected chi connectivity index (χ3v) is 4.60. The fraction of sp³-hybridized carbons (Fsp3) is 0.308. The third kappa shape index (κ3) is 3.96. The Bertz CT molecular complexity index is 781. The van der Waals surface area contributed by atoms with Crippen LogP contribution in [0.3, 0.4) is 0 Å². The van der Waals surface area contributed by atoms with Crippen molar-refractivity contribution in [2.24, 2.45) is 4.99 Å². The van der Waals surface area contributed by atoms with Crippen LogP contribution < -0.4 is 0 Å². The van der Waals surface area contributed by atoms with Crippen molar-refractivity contribution in [1.29, 1.82) is 5.26 Å². The van der Waals surface area contributed by atoms with Crippen LogP contribution in [0.4, 0.5) is 0 Å². The Morgan fingerprint density at radius 2 is 2.09 bits per heavy atom. The van der Waals surface area contributed by atoms with Gasteiger partial charge in [0.05, 0.1) is 15.5 Å². The minimum Gasteiger partial charge on any atom is -0.478 e. The van der Waals surface area contributed by atoms with Crippen molar-refractivity contribution in [3.8, 4) is 6.19 Å². The summed E-state index contributed by atoms with van der Waals surface area (Å²) < 4.78 is 23.7. The molecule has 0 saturated carbocycles. The molecule has 118 valence electrons. The topological polar surface area (TPSA) is 111 Å². The van der Waals surface area contributed by atoms with Gasteiger partial charge in [0, 0.05) is 25.4 Å². The first-order valence-corrected chi connectivity index (χ1v) is 8.25. The summed E-state index contributed by atoms with van der Waals surface area (Å²) in [6.07, 6.45) is 2.64. The molecule has 0 aliphatic carbocycles. The van der Waals surface area contributed by atoms with Gasteiger partial charge in [0.25, 0.3) is 0 Å². The van der Waals surface area contributed by atoms with E-state index in [4.69, 9.17) is 22.0 Å². The maximum atomic E-state index is 11.9. The SMILES string of the molecule is C/C(=N\C#N)N(C)Cc1c(S(C)(=O)=O)ccc(C(=O)O)c1Cl. The van der Waals surface area contributed by atoms with Crippen molar-refractivity contribution in [2.75, 3.05) is 13.3 Å². The minimum absolute atomic E-state index is 0.000625. The van der Waals surface area contributed by atoms with E-state index in [9.17, 15) is 13.2 Å². The van der Waals surface area contributed by atoms with Crippen molar-refractivity contribution in [1.82, 2.24) is 4.90 Å². The van der Waals surface area contributed by atoms with Gasteiger partial charge in [-0.05, 0) is 19.1 Å². The summed E-state index contributed by atoms with van der Waals surface area (Å²) in [4.78, 5) is 16.1. The van der Waals surface area contributed by atoms with Crippen LogP contribution in [-0.4, -0.2) is 43.5 Å². The van der Waals surface area contributed by atoms with Crippen LogP contribution in [0.5, 0.6) is 0 Å². The van der Waals surface area contributed by atoms with Gasteiger partial charge in [0.2, 0.25) is 6.19 Å². The lowest BCUT2D eigenvalue weighted by atomic mass is 10.1. The van der Waals surface area contributed by atoms with Gasteiger partial charge in [-0.3, -0.25) is 0 Å². The van der Waals surface area contributed by atoms with Crippen LogP contribution in [-0.2, 0) is 16.4 Å². The molecule has 9 heteroatoms. The number of nitrogens with zero attached hydrogens (tertiary/aromatic N) is 3. The van der Waals surface area contributed by atoms with Crippen LogP contribution in [0, 0.1) is 11.5 Å². The van der Waals surface area contributed by atoms with E-state index in [0.717, 1.165) is 12.3 Å². The standard InChI is InChI=1S/C13H14ClN3O4S/c1-8(16-7-15)17(2)6-10-11(22(3,20)21)5-4-9(12(10)14)13(18)19/h4-5H,6H2,1-3H3,(H,18,19)/b16-8+. The first-order valence-electron chi connectivity index (χ1n) is 5.98. The highest BCUT2D eigenvalue weighted by Crippen LogP contribution is 2.29. The molecule has 0 unspecified atom stereocenters. The third-order valence-electron chi connectivity index (χ3n) is 2.99. The van der Waals surface area contributed by atoms with Crippen LogP contribution >= 0.6 is 11.6 Å². The molecule has 0 radical (unpaired) electrons. The summed E-state index contributed by atoms with van der Waals surface area (Å²) in [5.74, 6) is -0.907. The normalized spacial score (nSPS) is 11.9. The average Bonchev–Trinajstić information content (AvgIpc) is 2.39. The number of carboxylic acids is 1. The number of halogens is 1. The summed E-state index contributed by atoms with van der Waals surface area (Å²) in [6.45, 7) is 1.57. The van der Waals surface area contributed by atoms with Crippen LogP contribution in [0.2, 0.25) is 5.02 Å². The van der Waals surface area contributed by atoms with Crippen molar-refractivity contribution in [2.45, 2.75) is 18.4 Å². The highest BCUT2D eigenvalue weighted by molar-refractivity contribution is 7.90. The second kappa shape index (κ2) is 6.77. The van der Waals surface area contributed by atoms with E-state index < -0.39 is 15.8 Å². The maximum absolute atomic E-state index is 11.9. The van der Waals surface area contributed by atoms with Crippen molar-refractivity contribution >= 4 is 33.2 Å². The number of sulfone groups is 1. The summed E-state index contributed by atoms with van der Waals surface area (Å²) in [5, 5.41) is 17.5. The van der Waals surface area contributed by atoms with Crippen LogP contribution in [0.15, 0.2) is 22.0 Å². The molecule has 7 nitrogen and oxygen atoms in total. The molecule has 0 aromatic heterocycles. The number of benzene rings is 1. The maximum Gasteiger partial charge on any atom is 0.337 e. The quantitative estimate of drug-likeness (QED) is 0.506. The zero-order valence-corrected chi connectivity index (χ0v) is 13.7. The molecule has 1 rings (SSSR count). The number of aliphatic imine (C=N–C) groups is 1. The van der Waals surface area contributed by atoms with E-state index in [0.29, 0.717) is 5.84 Å². The second-order valence-corrected chi connectivity index (χ2v) is 6.96. The molecule has 0 saturated heterocycles.